The maximum Gasteiger partial charge on any atom is 0.0473 e. The third-order valence-electron chi connectivity index (χ3n) is 3.66. The lowest BCUT2D eigenvalue weighted by molar-refractivity contribution is 0.230. The minimum absolute atomic E-state index is 0.380. The largest absolute Gasteiger partial charge is 0.315 e. The second-order valence-electron chi connectivity index (χ2n) is 5.40. The van der Waals surface area contributed by atoms with Crippen LogP contribution in [0.15, 0.2) is 54.9 Å². The Labute approximate surface area is 128 Å². The van der Waals surface area contributed by atoms with Crippen molar-refractivity contribution >= 4 is 0 Å². The molecule has 0 aliphatic rings. The highest BCUT2D eigenvalue weighted by molar-refractivity contribution is 5.20. The molecular weight excluding hydrogens is 258 g/mol. The molecule has 0 fully saturated rings. The molecule has 3 heteroatoms. The molecule has 0 amide bonds. The van der Waals surface area contributed by atoms with Gasteiger partial charge in [-0.3, -0.25) is 9.88 Å². The van der Waals surface area contributed by atoms with Gasteiger partial charge in [0.1, 0.15) is 0 Å². The summed E-state index contributed by atoms with van der Waals surface area (Å²) in [7, 11) is 2.19. The molecule has 0 saturated carbocycles. The topological polar surface area (TPSA) is 28.2 Å². The highest BCUT2D eigenvalue weighted by Crippen LogP contribution is 2.20. The summed E-state index contributed by atoms with van der Waals surface area (Å²) in [4.78, 5) is 6.48. The van der Waals surface area contributed by atoms with Crippen molar-refractivity contribution in [1.82, 2.24) is 15.2 Å². The van der Waals surface area contributed by atoms with Crippen molar-refractivity contribution in [2.75, 3.05) is 20.1 Å². The minimum Gasteiger partial charge on any atom is -0.315 e. The first-order valence-electron chi connectivity index (χ1n) is 7.66. The van der Waals surface area contributed by atoms with Gasteiger partial charge in [-0.15, -0.1) is 0 Å². The van der Waals surface area contributed by atoms with E-state index in [1.165, 1.54) is 11.1 Å². The SMILES string of the molecule is CCCNCC(c1ccccc1)N(C)Cc1ccncc1. The van der Waals surface area contributed by atoms with Crippen molar-refractivity contribution in [3.8, 4) is 0 Å². The molecule has 2 aromatic rings. The Kier molecular flexibility index (Phi) is 6.38. The predicted octanol–water partition coefficient (Wildman–Crippen LogP) is 3.25. The second kappa shape index (κ2) is 8.55. The van der Waals surface area contributed by atoms with Crippen LogP contribution in [0.3, 0.4) is 0 Å². The summed E-state index contributed by atoms with van der Waals surface area (Å²) in [5.41, 5.74) is 2.65. The summed E-state index contributed by atoms with van der Waals surface area (Å²) < 4.78 is 0. The zero-order valence-corrected chi connectivity index (χ0v) is 13.0. The van der Waals surface area contributed by atoms with E-state index in [2.05, 4.69) is 71.6 Å². The summed E-state index contributed by atoms with van der Waals surface area (Å²) in [6.45, 7) is 5.16. The average Bonchev–Trinajstić information content (AvgIpc) is 2.53. The first-order valence-corrected chi connectivity index (χ1v) is 7.66. The number of aromatic nitrogens is 1. The van der Waals surface area contributed by atoms with Crippen molar-refractivity contribution < 1.29 is 0 Å². The molecule has 0 bridgehead atoms. The second-order valence-corrected chi connectivity index (χ2v) is 5.40. The number of nitrogens with one attached hydrogen (secondary N) is 1. The van der Waals surface area contributed by atoms with Crippen molar-refractivity contribution in [3.63, 3.8) is 0 Å². The molecule has 1 aromatic heterocycles. The van der Waals surface area contributed by atoms with E-state index in [-0.39, 0.29) is 0 Å². The van der Waals surface area contributed by atoms with Gasteiger partial charge in [-0.25, -0.2) is 0 Å². The van der Waals surface area contributed by atoms with Gasteiger partial charge in [0.15, 0.2) is 0 Å². The zero-order chi connectivity index (χ0) is 14.9. The molecule has 0 saturated heterocycles. The third-order valence-corrected chi connectivity index (χ3v) is 3.66. The normalized spacial score (nSPS) is 12.5. The molecule has 21 heavy (non-hydrogen) atoms. The highest BCUT2D eigenvalue weighted by atomic mass is 15.1. The van der Waals surface area contributed by atoms with Crippen molar-refractivity contribution in [3.05, 3.63) is 66.0 Å². The predicted molar refractivity (Wildman–Crippen MR) is 88.0 cm³/mol. The Bertz CT molecular complexity index is 498. The molecule has 1 N–H and O–H groups in total. The summed E-state index contributed by atoms with van der Waals surface area (Å²) in [5, 5.41) is 3.55. The Morgan fingerprint density at radius 1 is 1.10 bits per heavy atom. The van der Waals surface area contributed by atoms with E-state index in [0.29, 0.717) is 6.04 Å². The van der Waals surface area contributed by atoms with Crippen LogP contribution in [0.1, 0.15) is 30.5 Å². The van der Waals surface area contributed by atoms with Crippen LogP contribution >= 0.6 is 0 Å². The molecule has 1 unspecified atom stereocenters. The Balaban J connectivity index is 2.07. The monoisotopic (exact) mass is 283 g/mol. The quantitative estimate of drug-likeness (QED) is 0.754. The molecule has 2 rings (SSSR count). The van der Waals surface area contributed by atoms with E-state index in [1.54, 1.807) is 0 Å². The van der Waals surface area contributed by atoms with Gasteiger partial charge >= 0.3 is 0 Å². The highest BCUT2D eigenvalue weighted by Gasteiger charge is 2.16. The van der Waals surface area contributed by atoms with Gasteiger partial charge in [0.2, 0.25) is 0 Å². The van der Waals surface area contributed by atoms with E-state index < -0.39 is 0 Å². The van der Waals surface area contributed by atoms with Gasteiger partial charge in [0.05, 0.1) is 0 Å². The van der Waals surface area contributed by atoms with Crippen LogP contribution in [-0.4, -0.2) is 30.0 Å². The van der Waals surface area contributed by atoms with Gasteiger partial charge in [-0.2, -0.15) is 0 Å². The number of pyridine rings is 1. The standard InChI is InChI=1S/C18H25N3/c1-3-11-20-14-18(17-7-5-4-6-8-17)21(2)15-16-9-12-19-13-10-16/h4-10,12-13,18,20H,3,11,14-15H2,1-2H3. The third kappa shape index (κ3) is 4.96. The van der Waals surface area contributed by atoms with Crippen LogP contribution in [0, 0.1) is 0 Å². The fourth-order valence-electron chi connectivity index (χ4n) is 2.51. The average molecular weight is 283 g/mol. The van der Waals surface area contributed by atoms with E-state index >= 15 is 0 Å². The molecule has 112 valence electrons. The van der Waals surface area contributed by atoms with Gasteiger partial charge in [0, 0.05) is 31.5 Å². The molecule has 0 radical (unpaired) electrons. The smallest absolute Gasteiger partial charge is 0.0473 e. The zero-order valence-electron chi connectivity index (χ0n) is 13.0. The molecule has 0 aliphatic heterocycles. The Morgan fingerprint density at radius 3 is 2.48 bits per heavy atom. The van der Waals surface area contributed by atoms with Crippen molar-refractivity contribution in [1.29, 1.82) is 0 Å². The maximum atomic E-state index is 4.09. The molecule has 0 aliphatic carbocycles. The van der Waals surface area contributed by atoms with Crippen LogP contribution in [0.4, 0.5) is 0 Å². The first-order chi connectivity index (χ1) is 10.3. The van der Waals surface area contributed by atoms with Crippen LogP contribution in [0.25, 0.3) is 0 Å². The van der Waals surface area contributed by atoms with Gasteiger partial charge in [-0.05, 0) is 43.3 Å². The molecule has 1 aromatic carbocycles. The molecule has 0 spiro atoms. The number of rotatable bonds is 8. The lowest BCUT2D eigenvalue weighted by Gasteiger charge is -2.29. The molecule has 1 atom stereocenters. The van der Waals surface area contributed by atoms with Crippen molar-refractivity contribution in [2.45, 2.75) is 25.9 Å². The maximum absolute atomic E-state index is 4.09. The van der Waals surface area contributed by atoms with E-state index in [1.807, 2.05) is 12.4 Å². The van der Waals surface area contributed by atoms with Crippen LogP contribution in [-0.2, 0) is 6.54 Å². The van der Waals surface area contributed by atoms with Crippen LogP contribution in [0.5, 0.6) is 0 Å². The Morgan fingerprint density at radius 2 is 1.81 bits per heavy atom. The number of benzene rings is 1. The van der Waals surface area contributed by atoms with E-state index in [9.17, 15) is 0 Å². The first kappa shape index (κ1) is 15.7. The van der Waals surface area contributed by atoms with Gasteiger partial charge in [0.25, 0.3) is 0 Å². The number of likely N-dealkylation sites (N-methyl/N-ethyl adjacent to an activating group) is 1. The number of hydrogen-bond acceptors (Lipinski definition) is 3. The molecule has 3 nitrogen and oxygen atoms in total. The summed E-state index contributed by atoms with van der Waals surface area (Å²) >= 11 is 0. The fourth-order valence-corrected chi connectivity index (χ4v) is 2.51. The summed E-state index contributed by atoms with van der Waals surface area (Å²) in [6, 6.07) is 15.3. The molecular formula is C18H25N3. The fraction of sp³-hybridized carbons (Fsp3) is 0.389. The summed E-state index contributed by atoms with van der Waals surface area (Å²) in [6.07, 6.45) is 4.88. The number of nitrogens with zero attached hydrogens (tertiary/aromatic N) is 2. The Hall–Kier alpha value is -1.71. The van der Waals surface area contributed by atoms with Gasteiger partial charge < -0.3 is 5.32 Å². The summed E-state index contributed by atoms with van der Waals surface area (Å²) in [5.74, 6) is 0. The minimum atomic E-state index is 0.380. The van der Waals surface area contributed by atoms with Crippen molar-refractivity contribution in [2.24, 2.45) is 0 Å². The van der Waals surface area contributed by atoms with E-state index in [4.69, 9.17) is 0 Å². The van der Waals surface area contributed by atoms with E-state index in [0.717, 1.165) is 26.1 Å². The van der Waals surface area contributed by atoms with Crippen LogP contribution in [0.2, 0.25) is 0 Å². The molecule has 1 heterocycles. The van der Waals surface area contributed by atoms with Gasteiger partial charge in [-0.1, -0.05) is 37.3 Å². The van der Waals surface area contributed by atoms with Crippen LogP contribution < -0.4 is 5.32 Å². The number of hydrogen-bond donors (Lipinski definition) is 1. The lowest BCUT2D eigenvalue weighted by atomic mass is 10.0. The lowest BCUT2D eigenvalue weighted by Crippen LogP contribution is -2.33.